The molecule has 2 heterocycles. The summed E-state index contributed by atoms with van der Waals surface area (Å²) in [6, 6.07) is 15.5. The lowest BCUT2D eigenvalue weighted by Gasteiger charge is -2.20. The molecule has 0 unspecified atom stereocenters. The fourth-order valence-electron chi connectivity index (χ4n) is 4.03. The van der Waals surface area contributed by atoms with Gasteiger partial charge in [-0.25, -0.2) is 0 Å². The van der Waals surface area contributed by atoms with Crippen molar-refractivity contribution in [2.24, 2.45) is 0 Å². The molecule has 9 heteroatoms. The molecule has 33 heavy (non-hydrogen) atoms. The number of hydrogen-bond acceptors (Lipinski definition) is 6. The number of methoxy groups -OCH3 is 1. The quantitative estimate of drug-likeness (QED) is 0.276. The second kappa shape index (κ2) is 9.62. The number of aromatic hydroxyl groups is 1. The molecule has 0 atom stereocenters. The number of benzene rings is 2. The van der Waals surface area contributed by atoms with Gasteiger partial charge in [-0.3, -0.25) is 4.55 Å². The fraction of sp³-hybridized carbons (Fsp3) is 0.292. The van der Waals surface area contributed by atoms with Gasteiger partial charge in [0.15, 0.2) is 0 Å². The number of phenols is 1. The maximum absolute atomic E-state index is 11.1. The molecule has 7 nitrogen and oxygen atoms in total. The van der Waals surface area contributed by atoms with Gasteiger partial charge in [-0.15, -0.1) is 0 Å². The van der Waals surface area contributed by atoms with Gasteiger partial charge in [-0.1, -0.05) is 11.8 Å². The lowest BCUT2D eigenvalue weighted by atomic mass is 10.1. The van der Waals surface area contributed by atoms with Crippen molar-refractivity contribution in [1.82, 2.24) is 0 Å². The van der Waals surface area contributed by atoms with E-state index in [-0.39, 0.29) is 11.5 Å². The van der Waals surface area contributed by atoms with Crippen LogP contribution in [0.4, 0.5) is 5.69 Å². The minimum Gasteiger partial charge on any atom is -0.508 e. The Hall–Kier alpha value is -2.75. The summed E-state index contributed by atoms with van der Waals surface area (Å²) in [7, 11) is -2.32. The lowest BCUT2D eigenvalue weighted by Crippen LogP contribution is -2.37. The van der Waals surface area contributed by atoms with E-state index in [0.717, 1.165) is 44.5 Å². The Morgan fingerprint density at radius 3 is 2.67 bits per heavy atom. The van der Waals surface area contributed by atoms with E-state index >= 15 is 0 Å². The molecule has 0 amide bonds. The monoisotopic (exact) mass is 487 g/mol. The zero-order valence-electron chi connectivity index (χ0n) is 18.6. The molecule has 2 aromatic carbocycles. The number of aromatic nitrogens is 1. The number of pyridine rings is 1. The van der Waals surface area contributed by atoms with Crippen LogP contribution in [0.1, 0.15) is 25.5 Å². The van der Waals surface area contributed by atoms with E-state index < -0.39 is 10.1 Å². The maximum atomic E-state index is 11.1. The molecular formula is C24H27N2O5S2+. The zero-order chi connectivity index (χ0) is 23.6. The number of hydrogen-bond donors (Lipinski definition) is 2. The van der Waals surface area contributed by atoms with Crippen LogP contribution < -0.4 is 14.2 Å². The summed E-state index contributed by atoms with van der Waals surface area (Å²) in [6.07, 6.45) is 3.06. The molecule has 0 saturated carbocycles. The van der Waals surface area contributed by atoms with Gasteiger partial charge in [-0.05, 0) is 50.1 Å². The largest absolute Gasteiger partial charge is 0.508 e. The van der Waals surface area contributed by atoms with Crippen molar-refractivity contribution in [2.75, 3.05) is 24.3 Å². The topological polar surface area (TPSA) is 91.0 Å². The average molecular weight is 488 g/mol. The number of fused-ring (bicyclic) bond motifs is 2. The third-order valence-electron chi connectivity index (χ3n) is 5.61. The van der Waals surface area contributed by atoms with Crippen LogP contribution in [-0.4, -0.2) is 37.5 Å². The summed E-state index contributed by atoms with van der Waals surface area (Å²) >= 11 is 1.62. The van der Waals surface area contributed by atoms with Crippen LogP contribution >= 0.6 is 11.8 Å². The zero-order valence-corrected chi connectivity index (χ0v) is 20.2. The molecule has 2 N–H and O–H groups in total. The van der Waals surface area contributed by atoms with Gasteiger partial charge >= 0.3 is 0 Å². The van der Waals surface area contributed by atoms with Gasteiger partial charge in [0.2, 0.25) is 11.2 Å². The summed E-state index contributed by atoms with van der Waals surface area (Å²) < 4.78 is 38.8. The number of ether oxygens (including phenoxy) is 1. The Bertz CT molecular complexity index is 1320. The highest BCUT2D eigenvalue weighted by Crippen LogP contribution is 2.47. The number of anilines is 1. The van der Waals surface area contributed by atoms with Gasteiger partial charge in [0.1, 0.15) is 18.0 Å². The van der Waals surface area contributed by atoms with Crippen LogP contribution in [0.3, 0.4) is 0 Å². The number of nitrogens with zero attached hydrogens (tertiary/aromatic N) is 2. The van der Waals surface area contributed by atoms with E-state index in [4.69, 9.17) is 9.29 Å². The molecule has 1 aliphatic rings. The Labute approximate surface area is 198 Å². The summed E-state index contributed by atoms with van der Waals surface area (Å²) in [5, 5.41) is 12.1. The second-order valence-electron chi connectivity index (χ2n) is 7.81. The van der Waals surface area contributed by atoms with Crippen molar-refractivity contribution in [3.05, 3.63) is 59.3 Å². The first-order chi connectivity index (χ1) is 15.8. The average Bonchev–Trinajstić information content (AvgIpc) is 3.11. The Balaban J connectivity index is 1.69. The van der Waals surface area contributed by atoms with Crippen LogP contribution in [0.5, 0.6) is 11.5 Å². The first-order valence-electron chi connectivity index (χ1n) is 10.7. The highest BCUT2D eigenvalue weighted by molar-refractivity contribution is 8.03. The minimum atomic E-state index is -3.97. The van der Waals surface area contributed by atoms with Crippen LogP contribution in [0, 0.1) is 0 Å². The van der Waals surface area contributed by atoms with Crippen LogP contribution in [-0.2, 0) is 16.7 Å². The third kappa shape index (κ3) is 5.26. The first kappa shape index (κ1) is 23.4. The van der Waals surface area contributed by atoms with E-state index in [9.17, 15) is 13.5 Å². The summed E-state index contributed by atoms with van der Waals surface area (Å²) in [5.74, 6) is 0.736. The molecule has 3 aromatic rings. The van der Waals surface area contributed by atoms with Crippen molar-refractivity contribution in [2.45, 2.75) is 31.2 Å². The first-order valence-corrected chi connectivity index (χ1v) is 13.2. The number of rotatable bonds is 8. The standard InChI is InChI=1S/C24H26N2O5S2/c1-3-25-18(7-6-17-14-20(31-2)9-10-21(17)25)15-24-26(12-4-5-13-33(28,29)30)22-16-19(27)8-11-23(22)32-24/h6-11,14-16H,3-5,12-13H2,1-2H3,(H-,27,28,29,30)/p+1. The van der Waals surface area contributed by atoms with Gasteiger partial charge in [0, 0.05) is 35.7 Å². The van der Waals surface area contributed by atoms with Gasteiger partial charge in [-0.2, -0.15) is 13.0 Å². The predicted octanol–water partition coefficient (Wildman–Crippen LogP) is 4.44. The minimum absolute atomic E-state index is 0.182. The summed E-state index contributed by atoms with van der Waals surface area (Å²) in [5.41, 5.74) is 3.04. The van der Waals surface area contributed by atoms with E-state index in [0.29, 0.717) is 19.4 Å². The molecule has 0 spiro atoms. The molecule has 1 aromatic heterocycles. The molecule has 0 aliphatic carbocycles. The van der Waals surface area contributed by atoms with Crippen LogP contribution in [0.15, 0.2) is 58.5 Å². The van der Waals surface area contributed by atoms with Crippen molar-refractivity contribution in [3.63, 3.8) is 0 Å². The molecule has 0 saturated heterocycles. The van der Waals surface area contributed by atoms with Gasteiger partial charge in [0.05, 0.1) is 29.0 Å². The maximum Gasteiger partial charge on any atom is 0.264 e. The van der Waals surface area contributed by atoms with Crippen molar-refractivity contribution < 1.29 is 27.4 Å². The van der Waals surface area contributed by atoms with Crippen molar-refractivity contribution in [3.8, 4) is 11.5 Å². The SMILES string of the molecule is CC[n+]1c(C=C2Sc3ccc(O)cc3N2CCCCS(=O)(=O)O)ccc2cc(OC)ccc21. The smallest absolute Gasteiger partial charge is 0.264 e. The summed E-state index contributed by atoms with van der Waals surface area (Å²) in [6.45, 7) is 3.46. The van der Waals surface area contributed by atoms with Crippen molar-refractivity contribution >= 4 is 44.5 Å². The predicted molar refractivity (Wildman–Crippen MR) is 131 cm³/mol. The lowest BCUT2D eigenvalue weighted by molar-refractivity contribution is -0.669. The van der Waals surface area contributed by atoms with Gasteiger partial charge in [0.25, 0.3) is 10.1 Å². The van der Waals surface area contributed by atoms with Crippen molar-refractivity contribution in [1.29, 1.82) is 0 Å². The Morgan fingerprint density at radius 1 is 1.12 bits per heavy atom. The number of unbranched alkanes of at least 4 members (excludes halogenated alkanes) is 1. The normalized spacial score (nSPS) is 14.8. The van der Waals surface area contributed by atoms with Crippen LogP contribution in [0.2, 0.25) is 0 Å². The van der Waals surface area contributed by atoms with E-state index in [1.807, 2.05) is 18.2 Å². The number of thioether (sulfide) groups is 1. The van der Waals surface area contributed by atoms with Gasteiger partial charge < -0.3 is 14.7 Å². The molecule has 0 bridgehead atoms. The third-order valence-corrected chi connectivity index (χ3v) is 7.52. The number of aryl methyl sites for hydroxylation is 1. The fourth-order valence-corrected chi connectivity index (χ4v) is 5.71. The molecule has 0 radical (unpaired) electrons. The highest BCUT2D eigenvalue weighted by Gasteiger charge is 2.27. The van der Waals surface area contributed by atoms with E-state index in [1.54, 1.807) is 31.0 Å². The molecule has 0 fully saturated rings. The van der Waals surface area contributed by atoms with E-state index in [2.05, 4.69) is 40.7 Å². The second-order valence-corrected chi connectivity index (χ2v) is 10.4. The van der Waals surface area contributed by atoms with E-state index in [1.165, 1.54) is 0 Å². The molecule has 1 aliphatic heterocycles. The molecule has 4 rings (SSSR count). The highest BCUT2D eigenvalue weighted by atomic mass is 32.2. The summed E-state index contributed by atoms with van der Waals surface area (Å²) in [4.78, 5) is 3.13. The van der Waals surface area contributed by atoms with Crippen LogP contribution in [0.25, 0.3) is 17.0 Å². The number of phenolic OH excluding ortho intramolecular Hbond substituents is 1. The molecular weight excluding hydrogens is 460 g/mol. The molecule has 174 valence electrons. The Kier molecular flexibility index (Phi) is 6.83. The Morgan fingerprint density at radius 2 is 1.94 bits per heavy atom.